The molecular weight excluding hydrogens is 278 g/mol. The quantitative estimate of drug-likeness (QED) is 0.785. The minimum Gasteiger partial charge on any atom is -0.493 e. The molecule has 1 aliphatic rings. The number of alkyl halides is 1. The molecule has 0 spiro atoms. The third-order valence-electron chi connectivity index (χ3n) is 3.69. The summed E-state index contributed by atoms with van der Waals surface area (Å²) in [6, 6.07) is 5.32. The summed E-state index contributed by atoms with van der Waals surface area (Å²) < 4.78 is 10.5. The number of carbonyl (C=O) groups is 1. The first kappa shape index (κ1) is 15.0. The standard InChI is InChI=1S/C15H20ClNO3/c1-17(9-10-7-11(16)8-10)15(18)12-5-4-6-13(19-2)14(12)20-3/h4-6,10-11H,7-9H2,1-3H3. The molecule has 110 valence electrons. The molecule has 2 rings (SSSR count). The topological polar surface area (TPSA) is 38.8 Å². The second-order valence-corrected chi connectivity index (χ2v) is 5.78. The van der Waals surface area contributed by atoms with Crippen LogP contribution in [0.5, 0.6) is 11.5 Å². The van der Waals surface area contributed by atoms with Crippen LogP contribution in [0.25, 0.3) is 0 Å². The van der Waals surface area contributed by atoms with Crippen LogP contribution in [-0.2, 0) is 0 Å². The van der Waals surface area contributed by atoms with E-state index in [4.69, 9.17) is 21.1 Å². The maximum atomic E-state index is 12.5. The Bertz CT molecular complexity index is 486. The highest BCUT2D eigenvalue weighted by molar-refractivity contribution is 6.21. The number of amides is 1. The molecule has 0 bridgehead atoms. The Morgan fingerprint density at radius 2 is 2.05 bits per heavy atom. The molecule has 20 heavy (non-hydrogen) atoms. The second-order valence-electron chi connectivity index (χ2n) is 5.16. The van der Waals surface area contributed by atoms with Crippen LogP contribution in [0.15, 0.2) is 18.2 Å². The molecule has 4 nitrogen and oxygen atoms in total. The zero-order chi connectivity index (χ0) is 14.7. The van der Waals surface area contributed by atoms with Gasteiger partial charge in [0.2, 0.25) is 0 Å². The van der Waals surface area contributed by atoms with E-state index < -0.39 is 0 Å². The fraction of sp³-hybridized carbons (Fsp3) is 0.533. The van der Waals surface area contributed by atoms with Gasteiger partial charge < -0.3 is 14.4 Å². The number of ether oxygens (including phenoxy) is 2. The smallest absolute Gasteiger partial charge is 0.257 e. The fourth-order valence-electron chi connectivity index (χ4n) is 2.53. The molecule has 1 aromatic carbocycles. The summed E-state index contributed by atoms with van der Waals surface area (Å²) in [5.74, 6) is 1.49. The molecule has 1 aliphatic carbocycles. The molecule has 0 N–H and O–H groups in total. The molecule has 1 saturated carbocycles. The Morgan fingerprint density at radius 3 is 2.60 bits per heavy atom. The van der Waals surface area contributed by atoms with Crippen LogP contribution in [0, 0.1) is 5.92 Å². The fourth-order valence-corrected chi connectivity index (χ4v) is 3.04. The summed E-state index contributed by atoms with van der Waals surface area (Å²) in [4.78, 5) is 14.2. The molecule has 0 aliphatic heterocycles. The molecule has 1 amide bonds. The minimum atomic E-state index is -0.0567. The van der Waals surface area contributed by atoms with Crippen molar-refractivity contribution in [3.8, 4) is 11.5 Å². The van der Waals surface area contributed by atoms with Crippen molar-refractivity contribution in [1.29, 1.82) is 0 Å². The number of nitrogens with zero attached hydrogens (tertiary/aromatic N) is 1. The van der Waals surface area contributed by atoms with E-state index in [2.05, 4.69) is 0 Å². The summed E-state index contributed by atoms with van der Waals surface area (Å²) in [5.41, 5.74) is 0.524. The van der Waals surface area contributed by atoms with Crippen LogP contribution < -0.4 is 9.47 Å². The lowest BCUT2D eigenvalue weighted by atomic mass is 9.84. The first-order valence-electron chi connectivity index (χ1n) is 6.67. The van der Waals surface area contributed by atoms with Gasteiger partial charge in [-0.15, -0.1) is 11.6 Å². The maximum Gasteiger partial charge on any atom is 0.257 e. The molecule has 0 radical (unpaired) electrons. The van der Waals surface area contributed by atoms with Crippen molar-refractivity contribution in [3.63, 3.8) is 0 Å². The third kappa shape index (κ3) is 3.01. The summed E-state index contributed by atoms with van der Waals surface area (Å²) >= 11 is 5.97. The molecule has 0 atom stereocenters. The predicted molar refractivity (Wildman–Crippen MR) is 78.9 cm³/mol. The van der Waals surface area contributed by atoms with Crippen LogP contribution in [0.2, 0.25) is 0 Å². The minimum absolute atomic E-state index is 0.0567. The Morgan fingerprint density at radius 1 is 1.35 bits per heavy atom. The molecular formula is C15H20ClNO3. The van der Waals surface area contributed by atoms with E-state index in [1.165, 1.54) is 0 Å². The monoisotopic (exact) mass is 297 g/mol. The molecule has 1 aromatic rings. The van der Waals surface area contributed by atoms with Crippen molar-refractivity contribution in [2.75, 3.05) is 27.8 Å². The predicted octanol–water partition coefficient (Wildman–Crippen LogP) is 2.79. The third-order valence-corrected chi connectivity index (χ3v) is 4.05. The largest absolute Gasteiger partial charge is 0.493 e. The van der Waals surface area contributed by atoms with Gasteiger partial charge in [-0.3, -0.25) is 4.79 Å². The number of carbonyl (C=O) groups excluding carboxylic acids is 1. The number of benzene rings is 1. The van der Waals surface area contributed by atoms with E-state index in [0.29, 0.717) is 23.0 Å². The highest BCUT2D eigenvalue weighted by atomic mass is 35.5. The molecule has 0 aromatic heterocycles. The molecule has 0 heterocycles. The average Bonchev–Trinajstić information content (AvgIpc) is 2.43. The van der Waals surface area contributed by atoms with E-state index in [-0.39, 0.29) is 11.3 Å². The van der Waals surface area contributed by atoms with Crippen LogP contribution in [0.3, 0.4) is 0 Å². The average molecular weight is 298 g/mol. The van der Waals surface area contributed by atoms with E-state index in [0.717, 1.165) is 19.4 Å². The maximum absolute atomic E-state index is 12.5. The van der Waals surface area contributed by atoms with Crippen molar-refractivity contribution >= 4 is 17.5 Å². The van der Waals surface area contributed by atoms with Gasteiger partial charge in [-0.25, -0.2) is 0 Å². The lowest BCUT2D eigenvalue weighted by Gasteiger charge is -2.34. The van der Waals surface area contributed by atoms with Crippen molar-refractivity contribution < 1.29 is 14.3 Å². The molecule has 1 fully saturated rings. The number of para-hydroxylation sites is 1. The zero-order valence-electron chi connectivity index (χ0n) is 12.1. The normalized spacial score (nSPS) is 21.0. The van der Waals surface area contributed by atoms with Crippen LogP contribution in [0.1, 0.15) is 23.2 Å². The van der Waals surface area contributed by atoms with Crippen LogP contribution in [0.4, 0.5) is 0 Å². The van der Waals surface area contributed by atoms with Crippen molar-refractivity contribution in [3.05, 3.63) is 23.8 Å². The van der Waals surface area contributed by atoms with Gasteiger partial charge in [0.25, 0.3) is 5.91 Å². The SMILES string of the molecule is COc1cccc(C(=O)N(C)CC2CC(Cl)C2)c1OC. The van der Waals surface area contributed by atoms with Crippen LogP contribution in [-0.4, -0.2) is 44.0 Å². The van der Waals surface area contributed by atoms with Gasteiger partial charge >= 0.3 is 0 Å². The summed E-state index contributed by atoms with van der Waals surface area (Å²) in [6.07, 6.45) is 1.96. The summed E-state index contributed by atoms with van der Waals surface area (Å²) in [5, 5.41) is 0.273. The number of halogens is 1. The first-order valence-corrected chi connectivity index (χ1v) is 7.11. The molecule has 0 unspecified atom stereocenters. The number of hydrogen-bond acceptors (Lipinski definition) is 3. The van der Waals surface area contributed by atoms with E-state index in [1.54, 1.807) is 37.3 Å². The van der Waals surface area contributed by atoms with Gasteiger partial charge in [0, 0.05) is 19.0 Å². The van der Waals surface area contributed by atoms with Gasteiger partial charge in [0.15, 0.2) is 11.5 Å². The van der Waals surface area contributed by atoms with E-state index in [1.807, 2.05) is 7.05 Å². The number of rotatable bonds is 5. The van der Waals surface area contributed by atoms with Gasteiger partial charge in [0.05, 0.1) is 19.8 Å². The van der Waals surface area contributed by atoms with Gasteiger partial charge in [0.1, 0.15) is 0 Å². The highest BCUT2D eigenvalue weighted by Gasteiger charge is 2.30. The lowest BCUT2D eigenvalue weighted by molar-refractivity contribution is 0.0743. The Labute approximate surface area is 124 Å². The summed E-state index contributed by atoms with van der Waals surface area (Å²) in [6.45, 7) is 0.725. The Hall–Kier alpha value is -1.42. The van der Waals surface area contributed by atoms with Gasteiger partial charge in [-0.05, 0) is 30.9 Å². The summed E-state index contributed by atoms with van der Waals surface area (Å²) in [7, 11) is 4.91. The van der Waals surface area contributed by atoms with Crippen LogP contribution >= 0.6 is 11.6 Å². The van der Waals surface area contributed by atoms with Gasteiger partial charge in [-0.2, -0.15) is 0 Å². The van der Waals surface area contributed by atoms with E-state index in [9.17, 15) is 4.79 Å². The Kier molecular flexibility index (Phi) is 4.76. The number of methoxy groups -OCH3 is 2. The highest BCUT2D eigenvalue weighted by Crippen LogP contribution is 2.34. The second kappa shape index (κ2) is 6.35. The lowest BCUT2D eigenvalue weighted by Crippen LogP contribution is -2.38. The molecule has 5 heteroatoms. The van der Waals surface area contributed by atoms with E-state index >= 15 is 0 Å². The first-order chi connectivity index (χ1) is 9.56. The van der Waals surface area contributed by atoms with Crippen molar-refractivity contribution in [2.45, 2.75) is 18.2 Å². The Balaban J connectivity index is 2.11. The van der Waals surface area contributed by atoms with Gasteiger partial charge in [-0.1, -0.05) is 6.07 Å². The number of hydrogen-bond donors (Lipinski definition) is 0. The zero-order valence-corrected chi connectivity index (χ0v) is 12.8. The van der Waals surface area contributed by atoms with Crippen molar-refractivity contribution in [1.82, 2.24) is 4.90 Å². The van der Waals surface area contributed by atoms with Crippen molar-refractivity contribution in [2.24, 2.45) is 5.92 Å². The molecule has 0 saturated heterocycles.